The van der Waals surface area contributed by atoms with Gasteiger partial charge in [-0.2, -0.15) is 5.06 Å². The second-order valence-electron chi connectivity index (χ2n) is 7.99. The maximum atomic E-state index is 13.5. The molecule has 8 nitrogen and oxygen atoms in total. The van der Waals surface area contributed by atoms with Gasteiger partial charge in [0.15, 0.2) is 6.10 Å². The number of hydrogen-bond acceptors (Lipinski definition) is 6. The molecular formula is C24H20BrN3O5. The van der Waals surface area contributed by atoms with Crippen LogP contribution in [0.2, 0.25) is 0 Å². The zero-order valence-corrected chi connectivity index (χ0v) is 19.1. The Morgan fingerprint density at radius 2 is 1.70 bits per heavy atom. The molecule has 2 fully saturated rings. The number of nitrogens with zero attached hydrogens (tertiary/aromatic N) is 2. The van der Waals surface area contributed by atoms with Crippen LogP contribution >= 0.6 is 15.9 Å². The van der Waals surface area contributed by atoms with E-state index >= 15 is 0 Å². The third-order valence-electron chi connectivity index (χ3n) is 6.00. The first-order valence-corrected chi connectivity index (χ1v) is 11.2. The van der Waals surface area contributed by atoms with Crippen molar-refractivity contribution in [2.45, 2.75) is 25.1 Å². The van der Waals surface area contributed by atoms with Crippen molar-refractivity contribution in [1.29, 1.82) is 0 Å². The molecule has 33 heavy (non-hydrogen) atoms. The molecular weight excluding hydrogens is 490 g/mol. The van der Waals surface area contributed by atoms with Crippen LogP contribution in [-0.4, -0.2) is 34.9 Å². The number of carbonyl (C=O) groups excluding carboxylic acids is 3. The average molecular weight is 510 g/mol. The average Bonchev–Trinajstić information content (AvgIpc) is 3.50. The van der Waals surface area contributed by atoms with Gasteiger partial charge < -0.3 is 10.2 Å². The molecule has 0 spiro atoms. The minimum atomic E-state index is -1.08. The number of fused-ring (bicyclic) bond motifs is 1. The van der Waals surface area contributed by atoms with Crippen LogP contribution < -0.4 is 10.6 Å². The third-order valence-corrected chi connectivity index (χ3v) is 6.53. The van der Waals surface area contributed by atoms with E-state index in [4.69, 9.17) is 15.0 Å². The highest BCUT2D eigenvalue weighted by molar-refractivity contribution is 9.10. The molecule has 0 saturated carbocycles. The van der Waals surface area contributed by atoms with E-state index in [-0.39, 0.29) is 0 Å². The van der Waals surface area contributed by atoms with E-state index in [2.05, 4.69) is 15.9 Å². The Morgan fingerprint density at radius 1 is 1.00 bits per heavy atom. The van der Waals surface area contributed by atoms with Crippen molar-refractivity contribution in [2.75, 3.05) is 4.90 Å². The highest BCUT2D eigenvalue weighted by atomic mass is 79.9. The van der Waals surface area contributed by atoms with Gasteiger partial charge in [-0.05, 0) is 43.3 Å². The standard InChI is InChI=1S/C24H20BrN3O5/c1-13(22(26)29)28-20(18-12-11-17(32-18)14-7-9-15(25)10-8-14)19-21(33-28)24(31)27(23(19)30)16-5-3-2-4-6-16/h2-13,19-21H,1H3,(H2,26,29). The fourth-order valence-electron chi connectivity index (χ4n) is 4.31. The molecule has 2 aliphatic rings. The molecule has 4 atom stereocenters. The van der Waals surface area contributed by atoms with E-state index in [1.165, 1.54) is 5.06 Å². The number of rotatable bonds is 5. The predicted octanol–water partition coefficient (Wildman–Crippen LogP) is 3.43. The maximum absolute atomic E-state index is 13.5. The summed E-state index contributed by atoms with van der Waals surface area (Å²) < 4.78 is 7.05. The number of para-hydroxylation sites is 1. The molecule has 3 heterocycles. The highest BCUT2D eigenvalue weighted by Gasteiger charge is 2.62. The van der Waals surface area contributed by atoms with E-state index in [1.54, 1.807) is 49.4 Å². The van der Waals surface area contributed by atoms with Gasteiger partial charge in [-0.3, -0.25) is 19.2 Å². The minimum absolute atomic E-state index is 0.407. The van der Waals surface area contributed by atoms with Gasteiger partial charge in [0.2, 0.25) is 11.8 Å². The van der Waals surface area contributed by atoms with Crippen molar-refractivity contribution in [1.82, 2.24) is 5.06 Å². The molecule has 3 aromatic rings. The molecule has 2 N–H and O–H groups in total. The number of anilines is 1. The van der Waals surface area contributed by atoms with Crippen LogP contribution in [0.15, 0.2) is 75.6 Å². The summed E-state index contributed by atoms with van der Waals surface area (Å²) in [5.41, 5.74) is 6.84. The summed E-state index contributed by atoms with van der Waals surface area (Å²) in [7, 11) is 0. The second kappa shape index (κ2) is 8.26. The highest BCUT2D eigenvalue weighted by Crippen LogP contribution is 2.47. The number of hydroxylamine groups is 2. The molecule has 9 heteroatoms. The van der Waals surface area contributed by atoms with E-state index in [9.17, 15) is 14.4 Å². The Bertz CT molecular complexity index is 1230. The summed E-state index contributed by atoms with van der Waals surface area (Å²) in [6.45, 7) is 1.57. The van der Waals surface area contributed by atoms with Crippen LogP contribution in [0.5, 0.6) is 0 Å². The van der Waals surface area contributed by atoms with Crippen LogP contribution in [0.1, 0.15) is 18.7 Å². The molecule has 2 aromatic carbocycles. The molecule has 0 bridgehead atoms. The number of furan rings is 1. The van der Waals surface area contributed by atoms with Gasteiger partial charge in [0.05, 0.1) is 5.69 Å². The molecule has 2 saturated heterocycles. The number of hydrogen-bond donors (Lipinski definition) is 1. The molecule has 0 aliphatic carbocycles. The van der Waals surface area contributed by atoms with Gasteiger partial charge in [-0.15, -0.1) is 0 Å². The number of primary amides is 1. The van der Waals surface area contributed by atoms with Gasteiger partial charge in [0, 0.05) is 10.0 Å². The van der Waals surface area contributed by atoms with Gasteiger partial charge in [0.1, 0.15) is 29.5 Å². The lowest BCUT2D eigenvalue weighted by Gasteiger charge is -2.28. The fraction of sp³-hybridized carbons (Fsp3) is 0.208. The van der Waals surface area contributed by atoms with E-state index in [0.29, 0.717) is 17.2 Å². The second-order valence-corrected chi connectivity index (χ2v) is 8.91. The zero-order valence-electron chi connectivity index (χ0n) is 17.6. The topological polar surface area (TPSA) is 106 Å². The largest absolute Gasteiger partial charge is 0.459 e. The molecule has 168 valence electrons. The van der Waals surface area contributed by atoms with Crippen molar-refractivity contribution in [3.63, 3.8) is 0 Å². The lowest BCUT2D eigenvalue weighted by atomic mass is 9.94. The third kappa shape index (κ3) is 3.58. The number of nitrogens with two attached hydrogens (primary N) is 1. The first-order chi connectivity index (χ1) is 15.9. The number of imide groups is 1. The Hall–Kier alpha value is -3.27. The van der Waals surface area contributed by atoms with Gasteiger partial charge >= 0.3 is 0 Å². The SMILES string of the molecule is CC(C(N)=O)N1OC2C(=O)N(c3ccccc3)C(=O)C2C1c1ccc(-c2ccc(Br)cc2)o1. The van der Waals surface area contributed by atoms with Gasteiger partial charge in [-0.25, -0.2) is 4.90 Å². The lowest BCUT2D eigenvalue weighted by molar-refractivity contribution is -0.193. The Morgan fingerprint density at radius 3 is 2.36 bits per heavy atom. The number of benzene rings is 2. The van der Waals surface area contributed by atoms with Crippen molar-refractivity contribution in [2.24, 2.45) is 11.7 Å². The van der Waals surface area contributed by atoms with Crippen LogP contribution in [-0.2, 0) is 19.2 Å². The summed E-state index contributed by atoms with van der Waals surface area (Å²) in [6.07, 6.45) is -1.08. The van der Waals surface area contributed by atoms with Crippen molar-refractivity contribution in [3.8, 4) is 11.3 Å². The Kier molecular flexibility index (Phi) is 5.40. The van der Waals surface area contributed by atoms with E-state index in [0.717, 1.165) is 14.9 Å². The van der Waals surface area contributed by atoms with Gasteiger partial charge in [0.25, 0.3) is 5.91 Å². The van der Waals surface area contributed by atoms with E-state index < -0.39 is 41.8 Å². The smallest absolute Gasteiger partial charge is 0.265 e. The summed E-state index contributed by atoms with van der Waals surface area (Å²) >= 11 is 3.41. The summed E-state index contributed by atoms with van der Waals surface area (Å²) in [5.74, 6) is -1.43. The van der Waals surface area contributed by atoms with Crippen LogP contribution in [0, 0.1) is 5.92 Å². The van der Waals surface area contributed by atoms with E-state index in [1.807, 2.05) is 24.3 Å². The fourth-order valence-corrected chi connectivity index (χ4v) is 4.57. The monoisotopic (exact) mass is 509 g/mol. The molecule has 4 unspecified atom stereocenters. The lowest BCUT2D eigenvalue weighted by Crippen LogP contribution is -2.45. The quantitative estimate of drug-likeness (QED) is 0.528. The molecule has 1 aromatic heterocycles. The first-order valence-electron chi connectivity index (χ1n) is 10.4. The normalized spacial score (nSPS) is 23.7. The number of carbonyl (C=O) groups is 3. The molecule has 0 radical (unpaired) electrons. The minimum Gasteiger partial charge on any atom is -0.459 e. The summed E-state index contributed by atoms with van der Waals surface area (Å²) in [4.78, 5) is 45.6. The van der Waals surface area contributed by atoms with Crippen molar-refractivity contribution >= 4 is 39.3 Å². The number of amides is 3. The number of halogens is 1. The van der Waals surface area contributed by atoms with Gasteiger partial charge in [-0.1, -0.05) is 46.3 Å². The Balaban J connectivity index is 1.54. The molecule has 2 aliphatic heterocycles. The summed E-state index contributed by atoms with van der Waals surface area (Å²) in [6, 6.07) is 18.1. The van der Waals surface area contributed by atoms with Crippen molar-refractivity contribution < 1.29 is 23.6 Å². The zero-order chi connectivity index (χ0) is 23.3. The maximum Gasteiger partial charge on any atom is 0.265 e. The first kappa shape index (κ1) is 21.6. The predicted molar refractivity (Wildman–Crippen MR) is 122 cm³/mol. The van der Waals surface area contributed by atoms with Crippen LogP contribution in [0.25, 0.3) is 11.3 Å². The molecule has 3 amide bonds. The summed E-state index contributed by atoms with van der Waals surface area (Å²) in [5, 5.41) is 1.32. The molecule has 5 rings (SSSR count). The Labute approximate surface area is 198 Å². The van der Waals surface area contributed by atoms with Crippen molar-refractivity contribution in [3.05, 3.63) is 77.0 Å². The van der Waals surface area contributed by atoms with Crippen LogP contribution in [0.4, 0.5) is 5.69 Å². The van der Waals surface area contributed by atoms with Crippen LogP contribution in [0.3, 0.4) is 0 Å².